The van der Waals surface area contributed by atoms with Crippen molar-refractivity contribution in [2.75, 3.05) is 0 Å². The highest BCUT2D eigenvalue weighted by molar-refractivity contribution is 5.89. The first-order valence-corrected chi connectivity index (χ1v) is 8.27. The van der Waals surface area contributed by atoms with Gasteiger partial charge >= 0.3 is 5.97 Å². The fourth-order valence-electron chi connectivity index (χ4n) is 2.88. The molecular formula is C17H21N3O4. The maximum Gasteiger partial charge on any atom is 0.338 e. The Labute approximate surface area is 139 Å². The van der Waals surface area contributed by atoms with Gasteiger partial charge < -0.3 is 13.8 Å². The minimum absolute atomic E-state index is 0.193. The van der Waals surface area contributed by atoms with Crippen molar-refractivity contribution in [2.24, 2.45) is 0 Å². The molecule has 3 rings (SSSR count). The van der Waals surface area contributed by atoms with Crippen LogP contribution in [0.3, 0.4) is 0 Å². The average Bonchev–Trinajstić information content (AvgIpc) is 3.19. The maximum absolute atomic E-state index is 12.2. The van der Waals surface area contributed by atoms with E-state index < -0.39 is 5.97 Å². The van der Waals surface area contributed by atoms with Crippen LogP contribution >= 0.6 is 0 Å². The van der Waals surface area contributed by atoms with Crippen molar-refractivity contribution in [1.82, 2.24) is 14.7 Å². The Morgan fingerprint density at radius 1 is 1.42 bits per heavy atom. The van der Waals surface area contributed by atoms with Crippen LogP contribution in [-0.2, 0) is 11.3 Å². The van der Waals surface area contributed by atoms with Gasteiger partial charge in [-0.15, -0.1) is 0 Å². The third-order valence-electron chi connectivity index (χ3n) is 4.08. The van der Waals surface area contributed by atoms with Crippen LogP contribution in [0.2, 0.25) is 0 Å². The van der Waals surface area contributed by atoms with Crippen molar-refractivity contribution < 1.29 is 14.1 Å². The summed E-state index contributed by atoms with van der Waals surface area (Å²) in [5.41, 5.74) is -0.0732. The topological polar surface area (TPSA) is 87.2 Å². The van der Waals surface area contributed by atoms with Crippen LogP contribution in [-0.4, -0.2) is 26.8 Å². The molecule has 1 saturated carbocycles. The minimum Gasteiger partial charge on any atom is -0.459 e. The number of rotatable bonds is 5. The van der Waals surface area contributed by atoms with E-state index >= 15 is 0 Å². The van der Waals surface area contributed by atoms with E-state index in [0.717, 1.165) is 18.7 Å². The van der Waals surface area contributed by atoms with E-state index in [1.165, 1.54) is 23.5 Å². The van der Waals surface area contributed by atoms with Gasteiger partial charge in [-0.2, -0.15) is 4.98 Å². The normalized spacial score (nSPS) is 15.1. The van der Waals surface area contributed by atoms with Gasteiger partial charge in [0.05, 0.1) is 11.7 Å². The Morgan fingerprint density at radius 3 is 2.83 bits per heavy atom. The summed E-state index contributed by atoms with van der Waals surface area (Å²) in [4.78, 5) is 28.4. The van der Waals surface area contributed by atoms with Crippen molar-refractivity contribution in [3.63, 3.8) is 0 Å². The van der Waals surface area contributed by atoms with Crippen molar-refractivity contribution in [3.05, 3.63) is 46.0 Å². The molecule has 0 amide bonds. The molecule has 128 valence electrons. The molecule has 0 aliphatic heterocycles. The summed E-state index contributed by atoms with van der Waals surface area (Å²) in [5.74, 6) is 0.993. The number of aromatic nitrogens is 3. The number of nitrogens with zero attached hydrogens (tertiary/aromatic N) is 3. The molecule has 2 aromatic rings. The average molecular weight is 331 g/mol. The summed E-state index contributed by atoms with van der Waals surface area (Å²) in [7, 11) is 0. The highest BCUT2D eigenvalue weighted by Gasteiger charge is 2.22. The van der Waals surface area contributed by atoms with E-state index in [-0.39, 0.29) is 23.8 Å². The number of pyridine rings is 1. The van der Waals surface area contributed by atoms with E-state index in [2.05, 4.69) is 10.1 Å². The number of ether oxygens (including phenoxy) is 1. The van der Waals surface area contributed by atoms with E-state index in [0.29, 0.717) is 11.8 Å². The van der Waals surface area contributed by atoms with Crippen molar-refractivity contribution in [2.45, 2.75) is 58.1 Å². The summed E-state index contributed by atoms with van der Waals surface area (Å²) >= 11 is 0. The summed E-state index contributed by atoms with van der Waals surface area (Å²) in [6.45, 7) is 3.71. The first-order valence-electron chi connectivity index (χ1n) is 8.27. The van der Waals surface area contributed by atoms with Gasteiger partial charge in [0.25, 0.3) is 5.56 Å². The Kier molecular flexibility index (Phi) is 4.78. The van der Waals surface area contributed by atoms with Crippen molar-refractivity contribution >= 4 is 5.97 Å². The third-order valence-corrected chi connectivity index (χ3v) is 4.08. The highest BCUT2D eigenvalue weighted by Crippen LogP contribution is 2.32. The molecule has 0 radical (unpaired) electrons. The fourth-order valence-corrected chi connectivity index (χ4v) is 2.88. The van der Waals surface area contributed by atoms with Gasteiger partial charge in [-0.1, -0.05) is 18.0 Å². The zero-order valence-electron chi connectivity index (χ0n) is 13.9. The van der Waals surface area contributed by atoms with Crippen LogP contribution in [0.15, 0.2) is 27.6 Å². The third kappa shape index (κ3) is 3.72. The monoisotopic (exact) mass is 331 g/mol. The molecule has 0 N–H and O–H groups in total. The SMILES string of the molecule is CC(C)OC(=O)c1ccn(Cc2nc(C3CCCC3)no2)c(=O)c1. The van der Waals surface area contributed by atoms with Crippen LogP contribution in [0, 0.1) is 0 Å². The molecule has 0 unspecified atom stereocenters. The fraction of sp³-hybridized carbons (Fsp3) is 0.529. The van der Waals surface area contributed by atoms with E-state index in [4.69, 9.17) is 9.26 Å². The Balaban J connectivity index is 1.71. The molecule has 7 heteroatoms. The van der Waals surface area contributed by atoms with Gasteiger partial charge in [-0.3, -0.25) is 4.79 Å². The Hall–Kier alpha value is -2.44. The van der Waals surface area contributed by atoms with E-state index in [1.807, 2.05) is 0 Å². The molecular weight excluding hydrogens is 310 g/mol. The molecule has 1 aliphatic rings. The number of hydrogen-bond donors (Lipinski definition) is 0. The van der Waals surface area contributed by atoms with Crippen molar-refractivity contribution in [3.8, 4) is 0 Å². The summed E-state index contributed by atoms with van der Waals surface area (Å²) in [5, 5.41) is 4.03. The molecule has 1 aliphatic carbocycles. The summed E-state index contributed by atoms with van der Waals surface area (Å²) in [6, 6.07) is 2.82. The van der Waals surface area contributed by atoms with E-state index in [9.17, 15) is 9.59 Å². The molecule has 2 aromatic heterocycles. The number of hydrogen-bond acceptors (Lipinski definition) is 6. The maximum atomic E-state index is 12.2. The molecule has 1 fully saturated rings. The molecule has 0 aromatic carbocycles. The zero-order chi connectivity index (χ0) is 17.1. The molecule has 0 spiro atoms. The van der Waals surface area contributed by atoms with Crippen LogP contribution in [0.5, 0.6) is 0 Å². The van der Waals surface area contributed by atoms with Crippen LogP contribution in [0.1, 0.15) is 67.5 Å². The molecule has 24 heavy (non-hydrogen) atoms. The minimum atomic E-state index is -0.504. The van der Waals surface area contributed by atoms with Crippen molar-refractivity contribution in [1.29, 1.82) is 0 Å². The Morgan fingerprint density at radius 2 is 2.17 bits per heavy atom. The first-order chi connectivity index (χ1) is 11.5. The lowest BCUT2D eigenvalue weighted by molar-refractivity contribution is 0.0377. The predicted molar refractivity (Wildman–Crippen MR) is 85.9 cm³/mol. The standard InChI is InChI=1S/C17H21N3O4/c1-11(2)23-17(22)13-7-8-20(15(21)9-13)10-14-18-16(19-24-14)12-5-3-4-6-12/h7-9,11-12H,3-6,10H2,1-2H3. The number of carbonyl (C=O) groups is 1. The second-order valence-electron chi connectivity index (χ2n) is 6.36. The van der Waals surface area contributed by atoms with Gasteiger partial charge in [0.2, 0.25) is 5.89 Å². The van der Waals surface area contributed by atoms with Gasteiger partial charge in [0, 0.05) is 18.2 Å². The second-order valence-corrected chi connectivity index (χ2v) is 6.36. The molecule has 2 heterocycles. The molecule has 0 saturated heterocycles. The van der Waals surface area contributed by atoms with Crippen LogP contribution in [0.4, 0.5) is 0 Å². The summed E-state index contributed by atoms with van der Waals surface area (Å²) < 4.78 is 11.8. The molecule has 0 atom stereocenters. The van der Waals surface area contributed by atoms with Gasteiger partial charge in [-0.05, 0) is 32.8 Å². The highest BCUT2D eigenvalue weighted by atomic mass is 16.5. The molecule has 0 bridgehead atoms. The lowest BCUT2D eigenvalue weighted by atomic mass is 10.1. The first kappa shape index (κ1) is 16.4. The second kappa shape index (κ2) is 6.98. The van der Waals surface area contributed by atoms with Crippen LogP contribution in [0.25, 0.3) is 0 Å². The van der Waals surface area contributed by atoms with Crippen LogP contribution < -0.4 is 5.56 Å². The predicted octanol–water partition coefficient (Wildman–Crippen LogP) is 2.50. The van der Waals surface area contributed by atoms with Gasteiger partial charge in [-0.25, -0.2) is 4.79 Å². The van der Waals surface area contributed by atoms with Gasteiger partial charge in [0.1, 0.15) is 6.54 Å². The quantitative estimate of drug-likeness (QED) is 0.782. The van der Waals surface area contributed by atoms with E-state index in [1.54, 1.807) is 26.1 Å². The lowest BCUT2D eigenvalue weighted by Crippen LogP contribution is -2.22. The zero-order valence-corrected chi connectivity index (χ0v) is 13.9. The lowest BCUT2D eigenvalue weighted by Gasteiger charge is -2.08. The van der Waals surface area contributed by atoms with Gasteiger partial charge in [0.15, 0.2) is 5.82 Å². The smallest absolute Gasteiger partial charge is 0.338 e. The number of esters is 1. The summed E-state index contributed by atoms with van der Waals surface area (Å²) in [6.07, 6.45) is 5.88. The number of carbonyl (C=O) groups excluding carboxylic acids is 1. The molecule has 7 nitrogen and oxygen atoms in total. The Bertz CT molecular complexity index is 772. The largest absolute Gasteiger partial charge is 0.459 e.